The number of carbonyl (C=O) groups is 2. The molecule has 1 rings (SSSR count). The molecule has 0 aliphatic carbocycles. The summed E-state index contributed by atoms with van der Waals surface area (Å²) in [4.78, 5) is 22.8. The largest absolute Gasteiger partial charge is 0.332 e. The maximum Gasteiger partial charge on any atom is 0.176 e. The molecule has 0 aliphatic heterocycles. The van der Waals surface area contributed by atoms with Crippen LogP contribution in [0.5, 0.6) is 0 Å². The van der Waals surface area contributed by atoms with E-state index < -0.39 is 0 Å². The minimum absolute atomic E-state index is 0.000648. The molecule has 0 radical (unpaired) electrons. The number of rotatable bonds is 3. The third-order valence-electron chi connectivity index (χ3n) is 2.88. The Labute approximate surface area is 90.1 Å². The first-order valence-electron chi connectivity index (χ1n) is 5.06. The molecule has 0 amide bonds. The van der Waals surface area contributed by atoms with E-state index in [4.69, 9.17) is 0 Å². The van der Waals surface area contributed by atoms with Crippen molar-refractivity contribution in [2.24, 2.45) is 0 Å². The molecule has 3 nitrogen and oxygen atoms in total. The van der Waals surface area contributed by atoms with Crippen LogP contribution in [0.15, 0.2) is 6.07 Å². The minimum Gasteiger partial charge on any atom is -0.332 e. The van der Waals surface area contributed by atoms with Crippen molar-refractivity contribution in [1.29, 1.82) is 0 Å². The van der Waals surface area contributed by atoms with E-state index in [1.807, 2.05) is 31.4 Å². The number of carbonyl (C=O) groups excluding carboxylic acids is 2. The first-order valence-corrected chi connectivity index (χ1v) is 5.06. The van der Waals surface area contributed by atoms with Crippen molar-refractivity contribution in [3.8, 4) is 0 Å². The number of hydrogen-bond donors (Lipinski definition) is 0. The Morgan fingerprint density at radius 2 is 1.80 bits per heavy atom. The smallest absolute Gasteiger partial charge is 0.176 e. The Morgan fingerprint density at radius 1 is 1.27 bits per heavy atom. The Morgan fingerprint density at radius 3 is 2.20 bits per heavy atom. The van der Waals surface area contributed by atoms with Gasteiger partial charge in [0, 0.05) is 12.6 Å². The van der Waals surface area contributed by atoms with E-state index in [1.54, 1.807) is 6.92 Å². The molecule has 0 aromatic carbocycles. The molecule has 1 aromatic rings. The van der Waals surface area contributed by atoms with E-state index in [1.165, 1.54) is 6.92 Å². The van der Waals surface area contributed by atoms with Crippen molar-refractivity contribution < 1.29 is 9.59 Å². The van der Waals surface area contributed by atoms with E-state index >= 15 is 0 Å². The van der Waals surface area contributed by atoms with Gasteiger partial charge >= 0.3 is 0 Å². The van der Waals surface area contributed by atoms with Crippen LogP contribution in [0.3, 0.4) is 0 Å². The molecular weight excluding hydrogens is 190 g/mol. The van der Waals surface area contributed by atoms with Crippen LogP contribution < -0.4 is 0 Å². The standard InChI is InChI=1S/C12H17NO2/c1-7-6-12(11(5)15)13(8(7)2)9(3)10(4)14/h6,9H,1-5H3. The van der Waals surface area contributed by atoms with Gasteiger partial charge in [-0.15, -0.1) is 0 Å². The first-order chi connectivity index (χ1) is 6.86. The first kappa shape index (κ1) is 11.7. The summed E-state index contributed by atoms with van der Waals surface area (Å²) in [6.45, 7) is 8.77. The predicted molar refractivity (Wildman–Crippen MR) is 59.3 cm³/mol. The van der Waals surface area contributed by atoms with Crippen LogP contribution >= 0.6 is 0 Å². The number of hydrogen-bond acceptors (Lipinski definition) is 2. The van der Waals surface area contributed by atoms with Crippen LogP contribution in [0.4, 0.5) is 0 Å². The summed E-state index contributed by atoms with van der Waals surface area (Å²) in [7, 11) is 0. The summed E-state index contributed by atoms with van der Waals surface area (Å²) in [5.74, 6) is 0.0653. The van der Waals surface area contributed by atoms with Crippen LogP contribution in [0, 0.1) is 13.8 Å². The number of ketones is 2. The van der Waals surface area contributed by atoms with Crippen LogP contribution in [-0.2, 0) is 4.79 Å². The van der Waals surface area contributed by atoms with Gasteiger partial charge in [0.05, 0.1) is 11.7 Å². The fourth-order valence-electron chi connectivity index (χ4n) is 1.70. The lowest BCUT2D eigenvalue weighted by Crippen LogP contribution is -2.18. The van der Waals surface area contributed by atoms with Crippen molar-refractivity contribution in [3.05, 3.63) is 23.0 Å². The Kier molecular flexibility index (Phi) is 3.12. The molecule has 1 heterocycles. The molecule has 1 aromatic heterocycles. The number of aryl methyl sites for hydroxylation is 1. The summed E-state index contributed by atoms with van der Waals surface area (Å²) in [6, 6.07) is 1.58. The minimum atomic E-state index is -0.266. The van der Waals surface area contributed by atoms with Crippen molar-refractivity contribution in [2.45, 2.75) is 40.7 Å². The monoisotopic (exact) mass is 207 g/mol. The maximum absolute atomic E-state index is 11.4. The SMILES string of the molecule is CC(=O)c1cc(C)c(C)n1C(C)C(C)=O. The molecule has 1 atom stereocenters. The lowest BCUT2D eigenvalue weighted by atomic mass is 10.2. The molecular formula is C12H17NO2. The van der Waals surface area contributed by atoms with Gasteiger partial charge in [-0.25, -0.2) is 0 Å². The maximum atomic E-state index is 11.4. The van der Waals surface area contributed by atoms with Crippen LogP contribution in [0.25, 0.3) is 0 Å². The zero-order chi connectivity index (χ0) is 11.7. The van der Waals surface area contributed by atoms with Crippen molar-refractivity contribution in [3.63, 3.8) is 0 Å². The molecule has 82 valence electrons. The fourth-order valence-corrected chi connectivity index (χ4v) is 1.70. The second-order valence-corrected chi connectivity index (χ2v) is 4.01. The Hall–Kier alpha value is -1.38. The normalized spacial score (nSPS) is 12.6. The van der Waals surface area contributed by atoms with Crippen LogP contribution in [-0.4, -0.2) is 16.1 Å². The zero-order valence-corrected chi connectivity index (χ0v) is 9.92. The van der Waals surface area contributed by atoms with Crippen molar-refractivity contribution in [2.75, 3.05) is 0 Å². The molecule has 15 heavy (non-hydrogen) atoms. The molecule has 0 spiro atoms. The lowest BCUT2D eigenvalue weighted by Gasteiger charge is -2.15. The van der Waals surface area contributed by atoms with Gasteiger partial charge in [0.1, 0.15) is 0 Å². The quantitative estimate of drug-likeness (QED) is 0.714. The van der Waals surface area contributed by atoms with Crippen molar-refractivity contribution in [1.82, 2.24) is 4.57 Å². The van der Waals surface area contributed by atoms with E-state index in [0.29, 0.717) is 5.69 Å². The summed E-state index contributed by atoms with van der Waals surface area (Å²) >= 11 is 0. The molecule has 0 fully saturated rings. The Bertz CT molecular complexity index is 416. The number of nitrogens with zero attached hydrogens (tertiary/aromatic N) is 1. The third kappa shape index (κ3) is 2.01. The molecule has 0 saturated heterocycles. The number of Topliss-reactive ketones (excluding diaryl/α,β-unsaturated/α-hetero) is 2. The topological polar surface area (TPSA) is 39.1 Å². The summed E-state index contributed by atoms with van der Waals surface area (Å²) in [6.07, 6.45) is 0. The molecule has 1 unspecified atom stereocenters. The van der Waals surface area contributed by atoms with Gasteiger partial charge in [0.15, 0.2) is 11.6 Å². The molecule has 0 saturated carbocycles. The summed E-state index contributed by atoms with van der Waals surface area (Å²) in [5, 5.41) is 0. The second-order valence-electron chi connectivity index (χ2n) is 4.01. The highest BCUT2D eigenvalue weighted by atomic mass is 16.1. The van der Waals surface area contributed by atoms with Gasteiger partial charge in [0.25, 0.3) is 0 Å². The summed E-state index contributed by atoms with van der Waals surface area (Å²) < 4.78 is 1.82. The number of aromatic nitrogens is 1. The molecule has 0 N–H and O–H groups in total. The van der Waals surface area contributed by atoms with Gasteiger partial charge in [-0.1, -0.05) is 0 Å². The van der Waals surface area contributed by atoms with Crippen LogP contribution in [0.1, 0.15) is 48.6 Å². The highest BCUT2D eigenvalue weighted by Crippen LogP contribution is 2.21. The molecule has 0 bridgehead atoms. The van der Waals surface area contributed by atoms with E-state index in [-0.39, 0.29) is 17.6 Å². The van der Waals surface area contributed by atoms with Gasteiger partial charge in [-0.05, 0) is 39.3 Å². The van der Waals surface area contributed by atoms with Gasteiger partial charge in [-0.2, -0.15) is 0 Å². The fraction of sp³-hybridized carbons (Fsp3) is 0.500. The third-order valence-corrected chi connectivity index (χ3v) is 2.88. The van der Waals surface area contributed by atoms with Crippen LogP contribution in [0.2, 0.25) is 0 Å². The molecule has 3 heteroatoms. The highest BCUT2D eigenvalue weighted by Gasteiger charge is 2.19. The van der Waals surface area contributed by atoms with E-state index in [9.17, 15) is 9.59 Å². The zero-order valence-electron chi connectivity index (χ0n) is 9.92. The van der Waals surface area contributed by atoms with Gasteiger partial charge < -0.3 is 4.57 Å². The van der Waals surface area contributed by atoms with Gasteiger partial charge in [-0.3, -0.25) is 9.59 Å². The van der Waals surface area contributed by atoms with Crippen molar-refractivity contribution >= 4 is 11.6 Å². The average Bonchev–Trinajstić information content (AvgIpc) is 2.42. The second kappa shape index (κ2) is 4.01. The average molecular weight is 207 g/mol. The lowest BCUT2D eigenvalue weighted by molar-refractivity contribution is -0.119. The Balaban J connectivity index is 3.37. The molecule has 0 aliphatic rings. The van der Waals surface area contributed by atoms with Gasteiger partial charge in [0.2, 0.25) is 0 Å². The highest BCUT2D eigenvalue weighted by molar-refractivity contribution is 5.94. The van der Waals surface area contributed by atoms with E-state index in [0.717, 1.165) is 11.3 Å². The summed E-state index contributed by atoms with van der Waals surface area (Å²) in [5.41, 5.74) is 2.66. The predicted octanol–water partition coefficient (Wildman–Crippen LogP) is 2.46. The van der Waals surface area contributed by atoms with E-state index in [2.05, 4.69) is 0 Å².